The Labute approximate surface area is 190 Å². The van der Waals surface area contributed by atoms with Crippen molar-refractivity contribution >= 4 is 29.3 Å². The van der Waals surface area contributed by atoms with Gasteiger partial charge in [-0.3, -0.25) is 34.1 Å². The maximum atomic E-state index is 13.0. The van der Waals surface area contributed by atoms with E-state index in [1.807, 2.05) is 6.20 Å². The molecule has 6 rings (SSSR count). The number of nitrogens with zero attached hydrogens (tertiary/aromatic N) is 3. The van der Waals surface area contributed by atoms with Gasteiger partial charge in [0.25, 0.3) is 11.8 Å². The predicted octanol–water partition coefficient (Wildman–Crippen LogP) is 2.22. The average molecular weight is 447 g/mol. The fourth-order valence-electron chi connectivity index (χ4n) is 5.24. The van der Waals surface area contributed by atoms with Crippen LogP contribution in [0.4, 0.5) is 5.69 Å². The number of carbonyl (C=O) groups excluding carboxylic acids is 4. The van der Waals surface area contributed by atoms with Crippen LogP contribution in [0.3, 0.4) is 0 Å². The number of imide groups is 2. The van der Waals surface area contributed by atoms with E-state index in [0.717, 1.165) is 30.0 Å². The molecular formula is C24H25N5O4. The lowest BCUT2D eigenvalue weighted by Crippen LogP contribution is -2.54. The first kappa shape index (κ1) is 20.1. The third-order valence-electron chi connectivity index (χ3n) is 7.29. The second-order valence-electron chi connectivity index (χ2n) is 9.55. The third kappa shape index (κ3) is 3.42. The van der Waals surface area contributed by atoms with Gasteiger partial charge in [0.2, 0.25) is 11.8 Å². The Morgan fingerprint density at radius 2 is 1.79 bits per heavy atom. The Bertz CT molecular complexity index is 1180. The molecule has 2 aliphatic heterocycles. The summed E-state index contributed by atoms with van der Waals surface area (Å²) in [6, 6.07) is 6.79. The first-order valence-electron chi connectivity index (χ1n) is 11.6. The number of piperidine rings is 1. The molecule has 1 aromatic carbocycles. The minimum Gasteiger partial charge on any atom is -0.385 e. The largest absolute Gasteiger partial charge is 0.385 e. The Morgan fingerprint density at radius 3 is 2.55 bits per heavy atom. The van der Waals surface area contributed by atoms with Gasteiger partial charge in [0.15, 0.2) is 0 Å². The van der Waals surface area contributed by atoms with Crippen LogP contribution in [-0.4, -0.2) is 50.9 Å². The number of carbonyl (C=O) groups is 4. The highest BCUT2D eigenvalue weighted by Gasteiger charge is 2.44. The van der Waals surface area contributed by atoms with Crippen LogP contribution in [0.1, 0.15) is 76.9 Å². The summed E-state index contributed by atoms with van der Waals surface area (Å²) in [6.45, 7) is 0.786. The molecule has 3 heterocycles. The summed E-state index contributed by atoms with van der Waals surface area (Å²) in [5.41, 5.74) is 2.74. The highest BCUT2D eigenvalue weighted by Crippen LogP contribution is 2.44. The SMILES string of the molecule is O=C1CCC(N2C(=O)c3ccc(NC[C@H]4C[C@H](n5nccc5C5CC5)C4)cc3C2=O)C(=O)N1. The number of aromatic nitrogens is 2. The lowest BCUT2D eigenvalue weighted by atomic mass is 9.80. The van der Waals surface area contributed by atoms with Crippen LogP contribution in [0.2, 0.25) is 0 Å². The van der Waals surface area contributed by atoms with E-state index in [1.165, 1.54) is 18.5 Å². The van der Waals surface area contributed by atoms with Gasteiger partial charge in [0, 0.05) is 36.5 Å². The molecule has 4 aliphatic rings. The van der Waals surface area contributed by atoms with E-state index in [0.29, 0.717) is 29.0 Å². The highest BCUT2D eigenvalue weighted by molar-refractivity contribution is 6.23. The highest BCUT2D eigenvalue weighted by atomic mass is 16.2. The molecule has 2 saturated carbocycles. The van der Waals surface area contributed by atoms with Crippen molar-refractivity contribution in [3.63, 3.8) is 0 Å². The molecule has 0 spiro atoms. The number of amides is 4. The van der Waals surface area contributed by atoms with Crippen LogP contribution >= 0.6 is 0 Å². The summed E-state index contributed by atoms with van der Waals surface area (Å²) in [5.74, 6) is -0.728. The van der Waals surface area contributed by atoms with Crippen molar-refractivity contribution in [3.05, 3.63) is 47.3 Å². The molecule has 9 heteroatoms. The number of fused-ring (bicyclic) bond motifs is 1. The molecule has 1 saturated heterocycles. The maximum absolute atomic E-state index is 13.0. The first-order chi connectivity index (χ1) is 16.0. The van der Waals surface area contributed by atoms with Gasteiger partial charge in [-0.05, 0) is 62.3 Å². The van der Waals surface area contributed by atoms with E-state index in [4.69, 9.17) is 0 Å². The van der Waals surface area contributed by atoms with E-state index in [9.17, 15) is 19.2 Å². The van der Waals surface area contributed by atoms with E-state index in [-0.39, 0.29) is 18.7 Å². The molecule has 1 aromatic heterocycles. The fourth-order valence-corrected chi connectivity index (χ4v) is 5.24. The van der Waals surface area contributed by atoms with Crippen LogP contribution in [0.15, 0.2) is 30.5 Å². The zero-order valence-electron chi connectivity index (χ0n) is 18.1. The van der Waals surface area contributed by atoms with Gasteiger partial charge in [-0.15, -0.1) is 0 Å². The Kier molecular flexibility index (Phi) is 4.60. The van der Waals surface area contributed by atoms with Crippen LogP contribution in [0.5, 0.6) is 0 Å². The van der Waals surface area contributed by atoms with E-state index >= 15 is 0 Å². The van der Waals surface area contributed by atoms with Crippen molar-refractivity contribution in [2.24, 2.45) is 5.92 Å². The fraction of sp³-hybridized carbons (Fsp3) is 0.458. The lowest BCUT2D eigenvalue weighted by Gasteiger charge is -2.36. The van der Waals surface area contributed by atoms with Crippen LogP contribution in [0, 0.1) is 5.92 Å². The van der Waals surface area contributed by atoms with Gasteiger partial charge in [-0.1, -0.05) is 0 Å². The van der Waals surface area contributed by atoms with Gasteiger partial charge < -0.3 is 5.32 Å². The van der Waals surface area contributed by atoms with Crippen molar-refractivity contribution in [2.45, 2.75) is 56.5 Å². The average Bonchev–Trinajstić information content (AvgIpc) is 3.45. The number of benzene rings is 1. The lowest BCUT2D eigenvalue weighted by molar-refractivity contribution is -0.136. The van der Waals surface area contributed by atoms with Crippen molar-refractivity contribution < 1.29 is 19.2 Å². The molecule has 2 aromatic rings. The Morgan fingerprint density at radius 1 is 1.00 bits per heavy atom. The summed E-state index contributed by atoms with van der Waals surface area (Å²) >= 11 is 0. The Hall–Kier alpha value is -3.49. The van der Waals surface area contributed by atoms with Gasteiger partial charge in [0.1, 0.15) is 6.04 Å². The smallest absolute Gasteiger partial charge is 0.262 e. The standard InChI is InChI=1S/C24H25N5O4/c30-21-6-5-20(22(31)27-21)28-23(32)17-4-3-15(11-18(17)24(28)33)25-12-13-9-16(10-13)29-19(7-8-26-29)14-1-2-14/h3-4,7-8,11,13-14,16,20,25H,1-2,5-6,9-10,12H2,(H,27,30,31)/t13-,16-,20?. The normalized spacial score (nSPS) is 26.8. The maximum Gasteiger partial charge on any atom is 0.262 e. The summed E-state index contributed by atoms with van der Waals surface area (Å²) < 4.78 is 2.21. The van der Waals surface area contributed by atoms with Crippen molar-refractivity contribution in [2.75, 3.05) is 11.9 Å². The topological polar surface area (TPSA) is 113 Å². The summed E-state index contributed by atoms with van der Waals surface area (Å²) in [4.78, 5) is 50.4. The zero-order valence-corrected chi connectivity index (χ0v) is 18.1. The quantitative estimate of drug-likeness (QED) is 0.657. The minimum absolute atomic E-state index is 0.111. The van der Waals surface area contributed by atoms with Crippen LogP contribution in [-0.2, 0) is 9.59 Å². The van der Waals surface area contributed by atoms with E-state index < -0.39 is 23.8 Å². The molecule has 170 valence electrons. The predicted molar refractivity (Wildman–Crippen MR) is 118 cm³/mol. The van der Waals surface area contributed by atoms with Crippen molar-refractivity contribution in [3.8, 4) is 0 Å². The first-order valence-corrected chi connectivity index (χ1v) is 11.6. The molecule has 2 aliphatic carbocycles. The van der Waals surface area contributed by atoms with Gasteiger partial charge in [-0.25, -0.2) is 0 Å². The molecule has 3 fully saturated rings. The minimum atomic E-state index is -0.943. The molecule has 2 N–H and O–H groups in total. The number of nitrogens with one attached hydrogen (secondary N) is 2. The molecule has 33 heavy (non-hydrogen) atoms. The Balaban J connectivity index is 1.09. The number of hydrogen-bond acceptors (Lipinski definition) is 6. The van der Waals surface area contributed by atoms with Crippen molar-refractivity contribution in [1.82, 2.24) is 20.0 Å². The molecule has 0 radical (unpaired) electrons. The summed E-state index contributed by atoms with van der Waals surface area (Å²) in [5, 5.41) is 10.2. The van der Waals surface area contributed by atoms with Crippen molar-refractivity contribution in [1.29, 1.82) is 0 Å². The van der Waals surface area contributed by atoms with E-state index in [2.05, 4.69) is 26.5 Å². The van der Waals surface area contributed by atoms with Crippen LogP contribution in [0.25, 0.3) is 0 Å². The van der Waals surface area contributed by atoms with E-state index in [1.54, 1.807) is 18.2 Å². The monoisotopic (exact) mass is 447 g/mol. The molecule has 4 amide bonds. The van der Waals surface area contributed by atoms with Gasteiger partial charge >= 0.3 is 0 Å². The molecule has 9 nitrogen and oxygen atoms in total. The number of anilines is 1. The third-order valence-corrected chi connectivity index (χ3v) is 7.29. The number of hydrogen-bond donors (Lipinski definition) is 2. The molecule has 1 unspecified atom stereocenters. The van der Waals surface area contributed by atoms with Gasteiger partial charge in [0.05, 0.1) is 17.2 Å². The van der Waals surface area contributed by atoms with Gasteiger partial charge in [-0.2, -0.15) is 5.10 Å². The molecular weight excluding hydrogens is 422 g/mol. The van der Waals surface area contributed by atoms with Crippen LogP contribution < -0.4 is 10.6 Å². The second-order valence-corrected chi connectivity index (χ2v) is 9.55. The summed E-state index contributed by atoms with van der Waals surface area (Å²) in [6.07, 6.45) is 6.84. The zero-order chi connectivity index (χ0) is 22.7. The summed E-state index contributed by atoms with van der Waals surface area (Å²) in [7, 11) is 0. The second kappa shape index (κ2) is 7.54. The molecule has 0 bridgehead atoms. The number of rotatable bonds is 6. The molecule has 1 atom stereocenters.